The van der Waals surface area contributed by atoms with Crippen LogP contribution in [0, 0.1) is 5.92 Å². The molecule has 0 saturated heterocycles. The van der Waals surface area contributed by atoms with Gasteiger partial charge in [-0.05, 0) is 55.2 Å². The van der Waals surface area contributed by atoms with Gasteiger partial charge in [-0.2, -0.15) is 0 Å². The number of imidazole rings is 1. The SMILES string of the molecule is O=C(C[C@H]1C=CCC1)Nc1ccc(-n2cnc3ccccc32)cc1. The topological polar surface area (TPSA) is 46.9 Å². The zero-order chi connectivity index (χ0) is 16.4. The van der Waals surface area contributed by atoms with Crippen molar-refractivity contribution in [1.29, 1.82) is 0 Å². The van der Waals surface area contributed by atoms with Crippen LogP contribution in [0.5, 0.6) is 0 Å². The van der Waals surface area contributed by atoms with Gasteiger partial charge in [0.05, 0.1) is 11.0 Å². The lowest BCUT2D eigenvalue weighted by molar-refractivity contribution is -0.116. The standard InChI is InChI=1S/C20H19N3O/c24-20(13-15-5-1-2-6-15)22-16-9-11-17(12-10-16)23-14-21-18-7-3-4-8-19(18)23/h1,3-5,7-12,14-15H,2,6,13H2,(H,22,24)/t15-/m0/s1. The first-order valence-electron chi connectivity index (χ1n) is 8.29. The largest absolute Gasteiger partial charge is 0.326 e. The number of anilines is 1. The fraction of sp³-hybridized carbons (Fsp3) is 0.200. The van der Waals surface area contributed by atoms with Crippen molar-refractivity contribution in [3.05, 3.63) is 67.0 Å². The maximum Gasteiger partial charge on any atom is 0.224 e. The van der Waals surface area contributed by atoms with Crippen molar-refractivity contribution in [3.63, 3.8) is 0 Å². The van der Waals surface area contributed by atoms with Crippen LogP contribution in [0.25, 0.3) is 16.7 Å². The van der Waals surface area contributed by atoms with Crippen LogP contribution in [0.2, 0.25) is 0 Å². The molecule has 3 aromatic rings. The zero-order valence-electron chi connectivity index (χ0n) is 13.4. The summed E-state index contributed by atoms with van der Waals surface area (Å²) in [6.07, 6.45) is 8.86. The number of allylic oxidation sites excluding steroid dienone is 2. The number of hydrogen-bond acceptors (Lipinski definition) is 2. The van der Waals surface area contributed by atoms with E-state index < -0.39 is 0 Å². The van der Waals surface area contributed by atoms with Crippen LogP contribution in [-0.4, -0.2) is 15.5 Å². The molecule has 0 aliphatic heterocycles. The molecule has 0 radical (unpaired) electrons. The Kier molecular flexibility index (Phi) is 3.87. The normalized spacial score (nSPS) is 16.6. The Balaban J connectivity index is 1.48. The summed E-state index contributed by atoms with van der Waals surface area (Å²) in [4.78, 5) is 16.5. The number of amides is 1. The molecule has 1 aliphatic carbocycles. The monoisotopic (exact) mass is 317 g/mol. The van der Waals surface area contributed by atoms with E-state index in [1.807, 2.05) is 59.4 Å². The van der Waals surface area contributed by atoms with Gasteiger partial charge in [-0.25, -0.2) is 4.98 Å². The molecule has 120 valence electrons. The molecule has 1 aliphatic rings. The Morgan fingerprint density at radius 1 is 1.17 bits per heavy atom. The first-order chi connectivity index (χ1) is 11.8. The first kappa shape index (κ1) is 14.7. The van der Waals surface area contributed by atoms with Crippen molar-refractivity contribution >= 4 is 22.6 Å². The molecule has 0 fully saturated rings. The summed E-state index contributed by atoms with van der Waals surface area (Å²) in [6, 6.07) is 15.9. The van der Waals surface area contributed by atoms with Crippen LogP contribution in [0.3, 0.4) is 0 Å². The number of nitrogens with one attached hydrogen (secondary N) is 1. The minimum atomic E-state index is 0.0763. The molecule has 1 heterocycles. The number of benzene rings is 2. The lowest BCUT2D eigenvalue weighted by Crippen LogP contribution is -2.14. The highest BCUT2D eigenvalue weighted by atomic mass is 16.1. The lowest BCUT2D eigenvalue weighted by atomic mass is 10.1. The molecule has 4 heteroatoms. The molecule has 0 bridgehead atoms. The molecule has 1 N–H and O–H groups in total. The summed E-state index contributed by atoms with van der Waals surface area (Å²) in [7, 11) is 0. The molecule has 0 unspecified atom stereocenters. The van der Waals surface area contributed by atoms with Crippen molar-refractivity contribution in [1.82, 2.24) is 9.55 Å². The number of hydrogen-bond donors (Lipinski definition) is 1. The first-order valence-corrected chi connectivity index (χ1v) is 8.29. The molecule has 0 saturated carbocycles. The molecule has 4 nitrogen and oxygen atoms in total. The van der Waals surface area contributed by atoms with Gasteiger partial charge >= 0.3 is 0 Å². The number of carbonyl (C=O) groups excluding carboxylic acids is 1. The van der Waals surface area contributed by atoms with Crippen molar-refractivity contribution < 1.29 is 4.79 Å². The van der Waals surface area contributed by atoms with Crippen LogP contribution < -0.4 is 5.32 Å². The third kappa shape index (κ3) is 2.95. The molecule has 1 amide bonds. The molecule has 4 rings (SSSR count). The second-order valence-electron chi connectivity index (χ2n) is 6.17. The van der Waals surface area contributed by atoms with E-state index in [-0.39, 0.29) is 5.91 Å². The quantitative estimate of drug-likeness (QED) is 0.728. The van der Waals surface area contributed by atoms with Gasteiger partial charge in [-0.15, -0.1) is 0 Å². The third-order valence-electron chi connectivity index (χ3n) is 4.44. The molecule has 1 atom stereocenters. The highest BCUT2D eigenvalue weighted by Crippen LogP contribution is 2.22. The third-order valence-corrected chi connectivity index (χ3v) is 4.44. The highest BCUT2D eigenvalue weighted by Gasteiger charge is 2.14. The average Bonchev–Trinajstić information content (AvgIpc) is 3.25. The maximum absolute atomic E-state index is 12.1. The van der Waals surface area contributed by atoms with E-state index in [0.717, 1.165) is 35.2 Å². The Hall–Kier alpha value is -2.88. The summed E-state index contributed by atoms with van der Waals surface area (Å²) >= 11 is 0. The Morgan fingerprint density at radius 2 is 2.00 bits per heavy atom. The van der Waals surface area contributed by atoms with Gasteiger partial charge < -0.3 is 5.32 Å². The second kappa shape index (κ2) is 6.32. The second-order valence-corrected chi connectivity index (χ2v) is 6.17. The van der Waals surface area contributed by atoms with Crippen LogP contribution in [0.1, 0.15) is 19.3 Å². The molecular formula is C20H19N3O. The number of rotatable bonds is 4. The van der Waals surface area contributed by atoms with Gasteiger partial charge in [-0.3, -0.25) is 9.36 Å². The average molecular weight is 317 g/mol. The number of aromatic nitrogens is 2. The van der Waals surface area contributed by atoms with Crippen molar-refractivity contribution in [2.75, 3.05) is 5.32 Å². The highest BCUT2D eigenvalue weighted by molar-refractivity contribution is 5.91. The van der Waals surface area contributed by atoms with Gasteiger partial charge in [0.1, 0.15) is 6.33 Å². The number of para-hydroxylation sites is 2. The minimum absolute atomic E-state index is 0.0763. The van der Waals surface area contributed by atoms with E-state index in [2.05, 4.69) is 22.5 Å². The zero-order valence-corrected chi connectivity index (χ0v) is 13.4. The van der Waals surface area contributed by atoms with Crippen LogP contribution >= 0.6 is 0 Å². The minimum Gasteiger partial charge on any atom is -0.326 e. The fourth-order valence-corrected chi connectivity index (χ4v) is 3.19. The lowest BCUT2D eigenvalue weighted by Gasteiger charge is -2.10. The van der Waals surface area contributed by atoms with E-state index in [0.29, 0.717) is 12.3 Å². The van der Waals surface area contributed by atoms with Crippen molar-refractivity contribution in [2.24, 2.45) is 5.92 Å². The van der Waals surface area contributed by atoms with Crippen molar-refractivity contribution in [3.8, 4) is 5.69 Å². The summed E-state index contributed by atoms with van der Waals surface area (Å²) in [5.41, 5.74) is 3.90. The Morgan fingerprint density at radius 3 is 2.79 bits per heavy atom. The van der Waals surface area contributed by atoms with E-state index in [1.54, 1.807) is 0 Å². The summed E-state index contributed by atoms with van der Waals surface area (Å²) in [6.45, 7) is 0. The summed E-state index contributed by atoms with van der Waals surface area (Å²) in [5.74, 6) is 0.467. The Bertz CT molecular complexity index is 893. The van der Waals surface area contributed by atoms with Gasteiger partial charge in [0.2, 0.25) is 5.91 Å². The van der Waals surface area contributed by atoms with Crippen molar-refractivity contribution in [2.45, 2.75) is 19.3 Å². The van der Waals surface area contributed by atoms with Gasteiger partial charge in [0.15, 0.2) is 0 Å². The van der Waals surface area contributed by atoms with E-state index in [1.165, 1.54) is 0 Å². The molecule has 24 heavy (non-hydrogen) atoms. The molecular weight excluding hydrogens is 298 g/mol. The predicted octanol–water partition coefficient (Wildman–Crippen LogP) is 4.32. The fourth-order valence-electron chi connectivity index (χ4n) is 3.19. The van der Waals surface area contributed by atoms with Crippen LogP contribution in [0.15, 0.2) is 67.0 Å². The van der Waals surface area contributed by atoms with E-state index >= 15 is 0 Å². The molecule has 1 aromatic heterocycles. The van der Waals surface area contributed by atoms with E-state index in [9.17, 15) is 4.79 Å². The van der Waals surface area contributed by atoms with Gasteiger partial charge in [0, 0.05) is 17.8 Å². The van der Waals surface area contributed by atoms with E-state index in [4.69, 9.17) is 0 Å². The smallest absolute Gasteiger partial charge is 0.224 e. The number of carbonyl (C=O) groups is 1. The van der Waals surface area contributed by atoms with Gasteiger partial charge in [-0.1, -0.05) is 24.3 Å². The number of fused-ring (bicyclic) bond motifs is 1. The maximum atomic E-state index is 12.1. The summed E-state index contributed by atoms with van der Waals surface area (Å²) < 4.78 is 2.05. The van der Waals surface area contributed by atoms with Crippen LogP contribution in [-0.2, 0) is 4.79 Å². The molecule has 0 spiro atoms. The van der Waals surface area contributed by atoms with Crippen LogP contribution in [0.4, 0.5) is 5.69 Å². The molecule has 2 aromatic carbocycles. The van der Waals surface area contributed by atoms with Gasteiger partial charge in [0.25, 0.3) is 0 Å². The Labute approximate surface area is 140 Å². The number of nitrogens with zero attached hydrogens (tertiary/aromatic N) is 2. The summed E-state index contributed by atoms with van der Waals surface area (Å²) in [5, 5.41) is 2.98. The predicted molar refractivity (Wildman–Crippen MR) is 96.2 cm³/mol.